The van der Waals surface area contributed by atoms with Crippen molar-refractivity contribution in [1.82, 2.24) is 9.13 Å². The zero-order chi connectivity index (χ0) is 36.7. The van der Waals surface area contributed by atoms with Gasteiger partial charge in [0.1, 0.15) is 0 Å². The zero-order valence-electron chi connectivity index (χ0n) is 30.5. The molecule has 260 valence electrons. The van der Waals surface area contributed by atoms with Gasteiger partial charge in [0.15, 0.2) is 0 Å². The fourth-order valence-corrected chi connectivity index (χ4v) is 9.42. The summed E-state index contributed by atoms with van der Waals surface area (Å²) in [6.45, 7) is 0. The van der Waals surface area contributed by atoms with E-state index >= 15 is 0 Å². The normalized spacial score (nSPS) is 11.9. The summed E-state index contributed by atoms with van der Waals surface area (Å²) in [6.07, 6.45) is 0. The number of fused-ring (bicyclic) bond motifs is 12. The Bertz CT molecular complexity index is 3480. The summed E-state index contributed by atoms with van der Waals surface area (Å²) >= 11 is 0. The first kappa shape index (κ1) is 31.0. The Morgan fingerprint density at radius 1 is 0.232 bits per heavy atom. The molecule has 2 heteroatoms. The molecule has 12 rings (SSSR count). The number of nitrogens with zero attached hydrogens (tertiary/aromatic N) is 2. The molecule has 0 aliphatic rings. The van der Waals surface area contributed by atoms with Crippen LogP contribution < -0.4 is 0 Å². The van der Waals surface area contributed by atoms with Crippen LogP contribution in [-0.4, -0.2) is 9.13 Å². The van der Waals surface area contributed by atoms with Gasteiger partial charge >= 0.3 is 0 Å². The first-order valence-corrected chi connectivity index (χ1v) is 19.4. The lowest BCUT2D eigenvalue weighted by molar-refractivity contribution is 1.18. The number of aromatic nitrogens is 2. The molecule has 0 atom stereocenters. The second-order valence-electron chi connectivity index (χ2n) is 14.9. The van der Waals surface area contributed by atoms with E-state index in [9.17, 15) is 0 Å². The van der Waals surface area contributed by atoms with Crippen LogP contribution in [0, 0.1) is 0 Å². The van der Waals surface area contributed by atoms with Crippen molar-refractivity contribution in [2.45, 2.75) is 0 Å². The standard InChI is InChI=1S/C54H34N2/c1-2-13-35(14-3-1)36-25-28-38(29-26-36)55-50-22-10-8-19-46(50)47-31-27-37(33-53(47)55)40-21-12-24-52-54(40)48-20-9-11-23-51(48)56(52)39-30-32-45-43-17-5-4-15-41(43)42-16-6-7-18-44(42)49(45)34-39/h1-34H. The van der Waals surface area contributed by atoms with Gasteiger partial charge in [-0.25, -0.2) is 0 Å². The smallest absolute Gasteiger partial charge is 0.0547 e. The summed E-state index contributed by atoms with van der Waals surface area (Å²) in [7, 11) is 0. The molecule has 2 heterocycles. The molecule has 0 saturated carbocycles. The van der Waals surface area contributed by atoms with Crippen LogP contribution >= 0.6 is 0 Å². The second-order valence-corrected chi connectivity index (χ2v) is 14.9. The number of rotatable bonds is 4. The number of benzene rings is 10. The fraction of sp³-hybridized carbons (Fsp3) is 0. The molecule has 56 heavy (non-hydrogen) atoms. The van der Waals surface area contributed by atoms with Gasteiger partial charge in [0, 0.05) is 32.9 Å². The van der Waals surface area contributed by atoms with Gasteiger partial charge in [0.2, 0.25) is 0 Å². The third kappa shape index (κ3) is 4.50. The summed E-state index contributed by atoms with van der Waals surface area (Å²) in [4.78, 5) is 0. The summed E-state index contributed by atoms with van der Waals surface area (Å²) in [5.74, 6) is 0. The Hall–Kier alpha value is -7.42. The van der Waals surface area contributed by atoms with Gasteiger partial charge in [-0.3, -0.25) is 0 Å². The lowest BCUT2D eigenvalue weighted by Crippen LogP contribution is -1.95. The number of hydrogen-bond acceptors (Lipinski definition) is 0. The first-order valence-electron chi connectivity index (χ1n) is 19.4. The minimum atomic E-state index is 1.15. The van der Waals surface area contributed by atoms with Crippen LogP contribution in [0.1, 0.15) is 0 Å². The van der Waals surface area contributed by atoms with E-state index in [0.29, 0.717) is 0 Å². The Labute approximate surface area is 323 Å². The molecule has 2 nitrogen and oxygen atoms in total. The predicted octanol–water partition coefficient (Wildman–Crippen LogP) is 14.7. The third-order valence-corrected chi connectivity index (χ3v) is 11.9. The van der Waals surface area contributed by atoms with Crippen LogP contribution in [0.25, 0.3) is 110 Å². The molecule has 0 fully saturated rings. The molecule has 0 aliphatic heterocycles. The van der Waals surface area contributed by atoms with Gasteiger partial charge in [-0.15, -0.1) is 0 Å². The molecule has 2 aromatic heterocycles. The van der Waals surface area contributed by atoms with E-state index in [1.54, 1.807) is 0 Å². The Kier molecular flexibility index (Phi) is 6.66. The van der Waals surface area contributed by atoms with E-state index in [2.05, 4.69) is 215 Å². The van der Waals surface area contributed by atoms with E-state index in [1.165, 1.54) is 98.2 Å². The van der Waals surface area contributed by atoms with Gasteiger partial charge in [-0.05, 0) is 103 Å². The molecule has 0 radical (unpaired) electrons. The van der Waals surface area contributed by atoms with Crippen molar-refractivity contribution in [3.63, 3.8) is 0 Å². The van der Waals surface area contributed by atoms with Gasteiger partial charge < -0.3 is 9.13 Å². The van der Waals surface area contributed by atoms with Crippen molar-refractivity contribution < 1.29 is 0 Å². The van der Waals surface area contributed by atoms with Crippen LogP contribution in [0.15, 0.2) is 206 Å². The molecule has 12 aromatic rings. The summed E-state index contributed by atoms with van der Waals surface area (Å²) in [6, 6.07) is 75.7. The van der Waals surface area contributed by atoms with Crippen molar-refractivity contribution in [3.05, 3.63) is 206 Å². The maximum Gasteiger partial charge on any atom is 0.0547 e. The molecular weight excluding hydrogens is 677 g/mol. The molecule has 0 unspecified atom stereocenters. The van der Waals surface area contributed by atoms with Crippen LogP contribution in [0.2, 0.25) is 0 Å². The van der Waals surface area contributed by atoms with Crippen LogP contribution in [0.3, 0.4) is 0 Å². The highest BCUT2D eigenvalue weighted by atomic mass is 15.0. The minimum Gasteiger partial charge on any atom is -0.309 e. The van der Waals surface area contributed by atoms with Crippen molar-refractivity contribution in [1.29, 1.82) is 0 Å². The highest BCUT2D eigenvalue weighted by Gasteiger charge is 2.19. The average molecular weight is 711 g/mol. The van der Waals surface area contributed by atoms with E-state index in [4.69, 9.17) is 0 Å². The minimum absolute atomic E-state index is 1.15. The van der Waals surface area contributed by atoms with Crippen molar-refractivity contribution in [3.8, 4) is 33.6 Å². The lowest BCUT2D eigenvalue weighted by atomic mass is 9.94. The highest BCUT2D eigenvalue weighted by Crippen LogP contribution is 2.42. The Morgan fingerprint density at radius 3 is 1.41 bits per heavy atom. The molecule has 0 saturated heterocycles. The summed E-state index contributed by atoms with van der Waals surface area (Å²) < 4.78 is 4.89. The predicted molar refractivity (Wildman–Crippen MR) is 239 cm³/mol. The van der Waals surface area contributed by atoms with Gasteiger partial charge in [0.25, 0.3) is 0 Å². The van der Waals surface area contributed by atoms with Crippen LogP contribution in [0.4, 0.5) is 0 Å². The first-order chi connectivity index (χ1) is 27.8. The van der Waals surface area contributed by atoms with Crippen molar-refractivity contribution in [2.75, 3.05) is 0 Å². The topological polar surface area (TPSA) is 9.86 Å². The largest absolute Gasteiger partial charge is 0.309 e. The number of hydrogen-bond donors (Lipinski definition) is 0. The summed E-state index contributed by atoms with van der Waals surface area (Å²) in [5.41, 5.74) is 12.0. The zero-order valence-corrected chi connectivity index (χ0v) is 30.5. The van der Waals surface area contributed by atoms with E-state index < -0.39 is 0 Å². The van der Waals surface area contributed by atoms with E-state index in [1.807, 2.05) is 0 Å². The quantitative estimate of drug-likeness (QED) is 0.161. The third-order valence-electron chi connectivity index (χ3n) is 11.9. The Morgan fingerprint density at radius 2 is 0.696 bits per heavy atom. The second kappa shape index (κ2) is 12.0. The van der Waals surface area contributed by atoms with Crippen molar-refractivity contribution >= 4 is 75.9 Å². The molecule has 10 aromatic carbocycles. The molecule has 0 aliphatic carbocycles. The highest BCUT2D eigenvalue weighted by molar-refractivity contribution is 6.26. The van der Waals surface area contributed by atoms with E-state index in [0.717, 1.165) is 11.4 Å². The Balaban J connectivity index is 1.08. The van der Waals surface area contributed by atoms with Crippen LogP contribution in [-0.2, 0) is 0 Å². The van der Waals surface area contributed by atoms with Crippen LogP contribution in [0.5, 0.6) is 0 Å². The molecule has 0 amide bonds. The van der Waals surface area contributed by atoms with Gasteiger partial charge in [-0.1, -0.05) is 158 Å². The maximum atomic E-state index is 2.46. The lowest BCUT2D eigenvalue weighted by Gasteiger charge is -2.14. The molecular formula is C54H34N2. The van der Waals surface area contributed by atoms with Crippen molar-refractivity contribution in [2.24, 2.45) is 0 Å². The summed E-state index contributed by atoms with van der Waals surface area (Å²) in [5, 5.41) is 12.7. The van der Waals surface area contributed by atoms with E-state index in [-0.39, 0.29) is 0 Å². The molecule has 0 bridgehead atoms. The van der Waals surface area contributed by atoms with Gasteiger partial charge in [-0.2, -0.15) is 0 Å². The SMILES string of the molecule is c1ccc(-c2ccc(-n3c4ccccc4c4ccc(-c5cccc6c5c5ccccc5n6-c5ccc6c7ccccc7c7ccccc7c6c5)cc43)cc2)cc1. The monoisotopic (exact) mass is 710 g/mol. The molecule has 0 N–H and O–H groups in total. The molecule has 0 spiro atoms. The fourth-order valence-electron chi connectivity index (χ4n) is 9.42. The maximum absolute atomic E-state index is 2.46. The number of para-hydroxylation sites is 2. The average Bonchev–Trinajstić information content (AvgIpc) is 3.79. The van der Waals surface area contributed by atoms with Gasteiger partial charge in [0.05, 0.1) is 22.1 Å².